The Bertz CT molecular complexity index is 647. The van der Waals surface area contributed by atoms with Crippen molar-refractivity contribution in [2.75, 3.05) is 0 Å². The molecule has 0 spiro atoms. The summed E-state index contributed by atoms with van der Waals surface area (Å²) in [6.45, 7) is 0. The number of aldehydes is 1. The van der Waals surface area contributed by atoms with Crippen molar-refractivity contribution in [2.45, 2.75) is 0 Å². The van der Waals surface area contributed by atoms with Crippen LogP contribution in [0, 0.1) is 11.6 Å². The lowest BCUT2D eigenvalue weighted by atomic mass is 10.2. The Morgan fingerprint density at radius 2 is 1.89 bits per heavy atom. The lowest BCUT2D eigenvalue weighted by molar-refractivity contribution is 0.111. The molecule has 2 aromatic carbocycles. The molecule has 0 saturated carbocycles. The molecule has 0 unspecified atom stereocenters. The molecule has 2 rings (SSSR count). The van der Waals surface area contributed by atoms with Crippen molar-refractivity contribution in [1.29, 1.82) is 0 Å². The maximum absolute atomic E-state index is 13.4. The summed E-state index contributed by atoms with van der Waals surface area (Å²) < 4.78 is 32.4. The second kappa shape index (κ2) is 5.67. The molecular formula is C13H6BrClF2O2. The van der Waals surface area contributed by atoms with Crippen molar-refractivity contribution in [1.82, 2.24) is 0 Å². The van der Waals surface area contributed by atoms with Crippen molar-refractivity contribution in [3.63, 3.8) is 0 Å². The van der Waals surface area contributed by atoms with Gasteiger partial charge in [-0.3, -0.25) is 4.79 Å². The second-order valence-electron chi connectivity index (χ2n) is 3.57. The van der Waals surface area contributed by atoms with Gasteiger partial charge in [-0.2, -0.15) is 0 Å². The van der Waals surface area contributed by atoms with E-state index in [4.69, 9.17) is 16.3 Å². The summed E-state index contributed by atoms with van der Waals surface area (Å²) >= 11 is 8.74. The summed E-state index contributed by atoms with van der Waals surface area (Å²) in [5.41, 5.74) is -0.232. The molecule has 0 bridgehead atoms. The predicted molar refractivity (Wildman–Crippen MR) is 71.0 cm³/mol. The van der Waals surface area contributed by atoms with Crippen LogP contribution in [0.1, 0.15) is 10.4 Å². The highest BCUT2D eigenvalue weighted by atomic mass is 79.9. The summed E-state index contributed by atoms with van der Waals surface area (Å²) in [5, 5.41) is -0.0749. The minimum Gasteiger partial charge on any atom is -0.455 e. The average molecular weight is 348 g/mol. The lowest BCUT2D eigenvalue weighted by Crippen LogP contribution is -1.95. The maximum Gasteiger partial charge on any atom is 0.156 e. The Morgan fingerprint density at radius 1 is 1.16 bits per heavy atom. The number of hydrogen-bond donors (Lipinski definition) is 0. The molecule has 0 aromatic heterocycles. The highest BCUT2D eigenvalue weighted by Crippen LogP contribution is 2.35. The van der Waals surface area contributed by atoms with E-state index in [1.807, 2.05) is 0 Å². The van der Waals surface area contributed by atoms with E-state index >= 15 is 0 Å². The minimum atomic E-state index is -0.710. The van der Waals surface area contributed by atoms with Gasteiger partial charge in [-0.1, -0.05) is 17.7 Å². The van der Waals surface area contributed by atoms with Gasteiger partial charge in [0.1, 0.15) is 23.1 Å². The number of rotatable bonds is 3. The number of benzene rings is 2. The Morgan fingerprint density at radius 3 is 2.58 bits per heavy atom. The topological polar surface area (TPSA) is 26.3 Å². The van der Waals surface area contributed by atoms with Gasteiger partial charge in [-0.05, 0) is 34.1 Å². The summed E-state index contributed by atoms with van der Waals surface area (Å²) in [6.07, 6.45) is 0.338. The predicted octanol–water partition coefficient (Wildman–Crippen LogP) is 4.99. The largest absolute Gasteiger partial charge is 0.455 e. The fourth-order valence-electron chi connectivity index (χ4n) is 1.42. The molecule has 0 aliphatic rings. The van der Waals surface area contributed by atoms with E-state index in [9.17, 15) is 13.6 Å². The van der Waals surface area contributed by atoms with Crippen LogP contribution in [0.4, 0.5) is 8.78 Å². The average Bonchev–Trinajstić information content (AvgIpc) is 2.36. The minimum absolute atomic E-state index is 0.00239. The third kappa shape index (κ3) is 2.93. The molecule has 0 amide bonds. The smallest absolute Gasteiger partial charge is 0.156 e. The molecular weight excluding hydrogens is 341 g/mol. The quantitative estimate of drug-likeness (QED) is 0.578. The molecule has 0 aliphatic heterocycles. The maximum atomic E-state index is 13.4. The summed E-state index contributed by atoms with van der Waals surface area (Å²) in [6, 6.07) is 6.29. The highest BCUT2D eigenvalue weighted by Gasteiger charge is 2.13. The van der Waals surface area contributed by atoms with E-state index in [1.54, 1.807) is 0 Å². The first-order chi connectivity index (χ1) is 9.02. The zero-order chi connectivity index (χ0) is 14.0. The first-order valence-electron chi connectivity index (χ1n) is 5.09. The van der Waals surface area contributed by atoms with E-state index < -0.39 is 11.6 Å². The SMILES string of the molecule is O=Cc1c(F)cccc1Oc1cc(F)c(Cl)cc1Br. The van der Waals surface area contributed by atoms with Crippen molar-refractivity contribution in [3.05, 3.63) is 57.0 Å². The monoisotopic (exact) mass is 346 g/mol. The van der Waals surface area contributed by atoms with Crippen molar-refractivity contribution < 1.29 is 18.3 Å². The molecule has 0 aliphatic carbocycles. The number of halogens is 4. The van der Waals surface area contributed by atoms with Crippen LogP contribution in [0.25, 0.3) is 0 Å². The molecule has 2 nitrogen and oxygen atoms in total. The Labute approximate surface area is 121 Å². The first-order valence-corrected chi connectivity index (χ1v) is 6.26. The van der Waals surface area contributed by atoms with E-state index in [0.717, 1.165) is 12.1 Å². The van der Waals surface area contributed by atoms with Gasteiger partial charge in [0, 0.05) is 6.07 Å². The number of carbonyl (C=O) groups is 1. The molecule has 0 atom stereocenters. The van der Waals surface area contributed by atoms with Gasteiger partial charge in [-0.15, -0.1) is 0 Å². The normalized spacial score (nSPS) is 10.3. The number of hydrogen-bond acceptors (Lipinski definition) is 2. The van der Waals surface area contributed by atoms with Gasteiger partial charge in [-0.25, -0.2) is 8.78 Å². The molecule has 6 heteroatoms. The van der Waals surface area contributed by atoms with Gasteiger partial charge in [0.05, 0.1) is 15.1 Å². The summed E-state index contributed by atoms with van der Waals surface area (Å²) in [5.74, 6) is -1.30. The Balaban J connectivity index is 2.45. The molecule has 0 fully saturated rings. The van der Waals surface area contributed by atoms with E-state index in [1.165, 1.54) is 18.2 Å². The summed E-state index contributed by atoms with van der Waals surface area (Å²) in [4.78, 5) is 10.8. The van der Waals surface area contributed by atoms with Crippen molar-refractivity contribution in [2.24, 2.45) is 0 Å². The fraction of sp³-hybridized carbons (Fsp3) is 0. The molecule has 98 valence electrons. The Hall–Kier alpha value is -1.46. The second-order valence-corrected chi connectivity index (χ2v) is 4.83. The van der Waals surface area contributed by atoms with E-state index in [0.29, 0.717) is 10.8 Å². The summed E-state index contributed by atoms with van der Waals surface area (Å²) in [7, 11) is 0. The standard InChI is InChI=1S/C13H6BrClF2O2/c14-8-4-9(15)11(17)5-13(8)19-12-3-1-2-10(16)7(12)6-18/h1-6H. The molecule has 0 radical (unpaired) electrons. The molecule has 0 saturated heterocycles. The zero-order valence-corrected chi connectivity index (χ0v) is 11.6. The van der Waals surface area contributed by atoms with Crippen LogP contribution < -0.4 is 4.74 Å². The van der Waals surface area contributed by atoms with Crippen LogP contribution in [0.15, 0.2) is 34.8 Å². The third-order valence-corrected chi connectivity index (χ3v) is 3.23. The third-order valence-electron chi connectivity index (χ3n) is 2.33. The molecule has 0 N–H and O–H groups in total. The van der Waals surface area contributed by atoms with Gasteiger partial charge in [0.25, 0.3) is 0 Å². The van der Waals surface area contributed by atoms with Crippen LogP contribution in [0.5, 0.6) is 11.5 Å². The van der Waals surface area contributed by atoms with Gasteiger partial charge in [0.2, 0.25) is 0 Å². The van der Waals surface area contributed by atoms with E-state index in [2.05, 4.69) is 15.9 Å². The van der Waals surface area contributed by atoms with Gasteiger partial charge < -0.3 is 4.74 Å². The molecule has 2 aromatic rings. The Kier molecular flexibility index (Phi) is 4.17. The van der Waals surface area contributed by atoms with Gasteiger partial charge >= 0.3 is 0 Å². The van der Waals surface area contributed by atoms with Crippen LogP contribution in [0.3, 0.4) is 0 Å². The number of ether oxygens (including phenoxy) is 1. The first kappa shape index (κ1) is 14.0. The van der Waals surface area contributed by atoms with Gasteiger partial charge in [0.15, 0.2) is 6.29 Å². The lowest BCUT2D eigenvalue weighted by Gasteiger charge is -2.10. The van der Waals surface area contributed by atoms with Crippen molar-refractivity contribution >= 4 is 33.8 Å². The fourth-order valence-corrected chi connectivity index (χ4v) is 2.14. The van der Waals surface area contributed by atoms with Crippen LogP contribution in [-0.2, 0) is 0 Å². The zero-order valence-electron chi connectivity index (χ0n) is 9.29. The van der Waals surface area contributed by atoms with E-state index in [-0.39, 0.29) is 22.1 Å². The molecule has 19 heavy (non-hydrogen) atoms. The number of carbonyl (C=O) groups excluding carboxylic acids is 1. The van der Waals surface area contributed by atoms with Crippen LogP contribution in [-0.4, -0.2) is 6.29 Å². The molecule has 0 heterocycles. The van der Waals surface area contributed by atoms with Crippen molar-refractivity contribution in [3.8, 4) is 11.5 Å². The highest BCUT2D eigenvalue weighted by molar-refractivity contribution is 9.10. The van der Waals surface area contributed by atoms with Crippen LogP contribution >= 0.6 is 27.5 Å². The van der Waals surface area contributed by atoms with Crippen LogP contribution in [0.2, 0.25) is 5.02 Å².